The SMILES string of the molecule is COc1ccc2c(c1)C(N(C)CC1CCNCC1)CCC2. The van der Waals surface area contributed by atoms with E-state index in [1.807, 2.05) is 0 Å². The highest BCUT2D eigenvalue weighted by atomic mass is 16.5. The number of rotatable bonds is 4. The zero-order valence-corrected chi connectivity index (χ0v) is 13.4. The van der Waals surface area contributed by atoms with Crippen molar-refractivity contribution in [1.82, 2.24) is 10.2 Å². The highest BCUT2D eigenvalue weighted by Crippen LogP contribution is 2.36. The van der Waals surface area contributed by atoms with Crippen molar-refractivity contribution in [3.05, 3.63) is 29.3 Å². The molecule has 2 aliphatic rings. The summed E-state index contributed by atoms with van der Waals surface area (Å²) >= 11 is 0. The first-order chi connectivity index (χ1) is 10.3. The van der Waals surface area contributed by atoms with Gasteiger partial charge in [-0.2, -0.15) is 0 Å². The number of methoxy groups -OCH3 is 1. The quantitative estimate of drug-likeness (QED) is 0.922. The van der Waals surface area contributed by atoms with Gasteiger partial charge in [0.2, 0.25) is 0 Å². The van der Waals surface area contributed by atoms with Gasteiger partial charge in [0.05, 0.1) is 7.11 Å². The maximum Gasteiger partial charge on any atom is 0.119 e. The number of fused-ring (bicyclic) bond motifs is 1. The molecule has 1 aliphatic heterocycles. The van der Waals surface area contributed by atoms with Crippen molar-refractivity contribution in [3.63, 3.8) is 0 Å². The normalized spacial score (nSPS) is 23.1. The number of piperidine rings is 1. The summed E-state index contributed by atoms with van der Waals surface area (Å²) in [5.74, 6) is 1.85. The van der Waals surface area contributed by atoms with Crippen LogP contribution in [0.15, 0.2) is 18.2 Å². The van der Waals surface area contributed by atoms with E-state index in [0.717, 1.165) is 11.7 Å². The van der Waals surface area contributed by atoms with Gasteiger partial charge in [-0.15, -0.1) is 0 Å². The second kappa shape index (κ2) is 6.80. The molecule has 0 amide bonds. The summed E-state index contributed by atoms with van der Waals surface area (Å²) in [5, 5.41) is 3.46. The molecule has 3 heteroatoms. The molecule has 116 valence electrons. The molecule has 21 heavy (non-hydrogen) atoms. The molecule has 0 aromatic heterocycles. The number of aryl methyl sites for hydroxylation is 1. The van der Waals surface area contributed by atoms with Gasteiger partial charge in [-0.3, -0.25) is 4.90 Å². The highest BCUT2D eigenvalue weighted by Gasteiger charge is 2.26. The number of benzene rings is 1. The smallest absolute Gasteiger partial charge is 0.119 e. The van der Waals surface area contributed by atoms with Crippen molar-refractivity contribution in [2.24, 2.45) is 5.92 Å². The number of ether oxygens (including phenoxy) is 1. The first-order valence-corrected chi connectivity index (χ1v) is 8.35. The minimum atomic E-state index is 0.568. The van der Waals surface area contributed by atoms with Gasteiger partial charge in [0.1, 0.15) is 5.75 Å². The van der Waals surface area contributed by atoms with Crippen LogP contribution in [0.3, 0.4) is 0 Å². The van der Waals surface area contributed by atoms with Gasteiger partial charge < -0.3 is 10.1 Å². The first kappa shape index (κ1) is 14.9. The maximum absolute atomic E-state index is 5.43. The predicted molar refractivity (Wildman–Crippen MR) is 86.9 cm³/mol. The monoisotopic (exact) mass is 288 g/mol. The largest absolute Gasteiger partial charge is 0.497 e. The van der Waals surface area contributed by atoms with E-state index in [2.05, 4.69) is 35.5 Å². The number of nitrogens with zero attached hydrogens (tertiary/aromatic N) is 1. The van der Waals surface area contributed by atoms with Gasteiger partial charge in [-0.25, -0.2) is 0 Å². The molecule has 1 saturated heterocycles. The Labute approximate surface area is 128 Å². The summed E-state index contributed by atoms with van der Waals surface area (Å²) in [4.78, 5) is 2.59. The van der Waals surface area contributed by atoms with Crippen molar-refractivity contribution in [2.75, 3.05) is 33.8 Å². The Hall–Kier alpha value is -1.06. The summed E-state index contributed by atoms with van der Waals surface area (Å²) in [5.41, 5.74) is 3.02. The standard InChI is InChI=1S/C18H28N2O/c1-20(13-14-8-10-19-11-9-14)18-5-3-4-15-6-7-16(21-2)12-17(15)18/h6-7,12,14,18-19H,3-5,8-11,13H2,1-2H3. The molecule has 1 aromatic rings. The molecule has 0 saturated carbocycles. The molecule has 1 N–H and O–H groups in total. The average Bonchev–Trinajstić information content (AvgIpc) is 2.54. The van der Waals surface area contributed by atoms with Gasteiger partial charge in [-0.05, 0) is 81.4 Å². The maximum atomic E-state index is 5.43. The summed E-state index contributed by atoms with van der Waals surface area (Å²) in [7, 11) is 4.07. The van der Waals surface area contributed by atoms with E-state index in [9.17, 15) is 0 Å². The third-order valence-corrected chi connectivity index (χ3v) is 5.17. The van der Waals surface area contributed by atoms with Gasteiger partial charge in [0, 0.05) is 12.6 Å². The molecule has 1 fully saturated rings. The fourth-order valence-electron chi connectivity index (χ4n) is 3.94. The Morgan fingerprint density at radius 1 is 1.24 bits per heavy atom. The van der Waals surface area contributed by atoms with Gasteiger partial charge >= 0.3 is 0 Å². The molecule has 0 bridgehead atoms. The van der Waals surface area contributed by atoms with Gasteiger partial charge in [0.25, 0.3) is 0 Å². The molecule has 1 atom stereocenters. The van der Waals surface area contributed by atoms with E-state index in [1.54, 1.807) is 7.11 Å². The fraction of sp³-hybridized carbons (Fsp3) is 0.667. The summed E-state index contributed by atoms with van der Waals surface area (Å²) in [6.07, 6.45) is 6.45. The molecule has 3 rings (SSSR count). The minimum Gasteiger partial charge on any atom is -0.497 e. The molecule has 0 spiro atoms. The van der Waals surface area contributed by atoms with Crippen molar-refractivity contribution in [3.8, 4) is 5.75 Å². The highest BCUT2D eigenvalue weighted by molar-refractivity contribution is 5.39. The zero-order valence-electron chi connectivity index (χ0n) is 13.4. The number of hydrogen-bond acceptors (Lipinski definition) is 3. The van der Waals surface area contributed by atoms with Crippen molar-refractivity contribution < 1.29 is 4.74 Å². The Balaban J connectivity index is 1.73. The van der Waals surface area contributed by atoms with Gasteiger partial charge in [0.15, 0.2) is 0 Å². The summed E-state index contributed by atoms with van der Waals surface area (Å²) in [6, 6.07) is 7.20. The molecule has 1 aliphatic carbocycles. The zero-order chi connectivity index (χ0) is 14.7. The third-order valence-electron chi connectivity index (χ3n) is 5.17. The lowest BCUT2D eigenvalue weighted by molar-refractivity contribution is 0.172. The van der Waals surface area contributed by atoms with Crippen LogP contribution < -0.4 is 10.1 Å². The van der Waals surface area contributed by atoms with E-state index < -0.39 is 0 Å². The van der Waals surface area contributed by atoms with Crippen LogP contribution in [0.2, 0.25) is 0 Å². The van der Waals surface area contributed by atoms with Crippen molar-refractivity contribution in [1.29, 1.82) is 0 Å². The van der Waals surface area contributed by atoms with Crippen LogP contribution >= 0.6 is 0 Å². The number of hydrogen-bond donors (Lipinski definition) is 1. The average molecular weight is 288 g/mol. The lowest BCUT2D eigenvalue weighted by Crippen LogP contribution is -2.37. The van der Waals surface area contributed by atoms with Crippen LogP contribution in [-0.4, -0.2) is 38.7 Å². The topological polar surface area (TPSA) is 24.5 Å². The van der Waals surface area contributed by atoms with E-state index in [-0.39, 0.29) is 0 Å². The van der Waals surface area contributed by atoms with Crippen molar-refractivity contribution >= 4 is 0 Å². The second-order valence-electron chi connectivity index (χ2n) is 6.61. The lowest BCUT2D eigenvalue weighted by atomic mass is 9.86. The van der Waals surface area contributed by atoms with Crippen LogP contribution in [0.5, 0.6) is 5.75 Å². The summed E-state index contributed by atoms with van der Waals surface area (Å²) < 4.78 is 5.43. The molecular weight excluding hydrogens is 260 g/mol. The molecule has 1 unspecified atom stereocenters. The third kappa shape index (κ3) is 3.41. The van der Waals surface area contributed by atoms with E-state index in [4.69, 9.17) is 4.74 Å². The molecular formula is C18H28N2O. The molecule has 3 nitrogen and oxygen atoms in total. The van der Waals surface area contributed by atoms with Crippen LogP contribution in [0, 0.1) is 5.92 Å². The Morgan fingerprint density at radius 3 is 2.81 bits per heavy atom. The molecule has 1 heterocycles. The lowest BCUT2D eigenvalue weighted by Gasteiger charge is -2.36. The fourth-order valence-corrected chi connectivity index (χ4v) is 3.94. The van der Waals surface area contributed by atoms with E-state index >= 15 is 0 Å². The van der Waals surface area contributed by atoms with E-state index in [1.165, 1.54) is 62.9 Å². The van der Waals surface area contributed by atoms with Crippen molar-refractivity contribution in [2.45, 2.75) is 38.1 Å². The second-order valence-corrected chi connectivity index (χ2v) is 6.61. The van der Waals surface area contributed by atoms with Gasteiger partial charge in [-0.1, -0.05) is 6.07 Å². The Morgan fingerprint density at radius 2 is 2.05 bits per heavy atom. The Kier molecular flexibility index (Phi) is 4.81. The molecule has 1 aromatic carbocycles. The van der Waals surface area contributed by atoms with Crippen LogP contribution in [0.1, 0.15) is 42.9 Å². The minimum absolute atomic E-state index is 0.568. The first-order valence-electron chi connectivity index (χ1n) is 8.35. The molecule has 0 radical (unpaired) electrons. The predicted octanol–water partition coefficient (Wildman–Crippen LogP) is 3.00. The van der Waals surface area contributed by atoms with Crippen LogP contribution in [0.4, 0.5) is 0 Å². The Bertz CT molecular complexity index is 468. The summed E-state index contributed by atoms with van der Waals surface area (Å²) in [6.45, 7) is 3.60. The van der Waals surface area contributed by atoms with Crippen LogP contribution in [0.25, 0.3) is 0 Å². The van der Waals surface area contributed by atoms with E-state index in [0.29, 0.717) is 6.04 Å². The van der Waals surface area contributed by atoms with Crippen LogP contribution in [-0.2, 0) is 6.42 Å². The number of nitrogens with one attached hydrogen (secondary N) is 1.